The monoisotopic (exact) mass is 481 g/mol. The van der Waals surface area contributed by atoms with E-state index in [9.17, 15) is 23.2 Å². The van der Waals surface area contributed by atoms with Gasteiger partial charge in [-0.15, -0.1) is 5.10 Å². The van der Waals surface area contributed by atoms with Gasteiger partial charge in [-0.3, -0.25) is 9.59 Å². The van der Waals surface area contributed by atoms with Crippen LogP contribution in [0.4, 0.5) is 14.5 Å². The van der Waals surface area contributed by atoms with Gasteiger partial charge in [0.2, 0.25) is 5.89 Å². The van der Waals surface area contributed by atoms with Gasteiger partial charge >= 0.3 is 11.7 Å². The van der Waals surface area contributed by atoms with Crippen molar-refractivity contribution in [3.8, 4) is 11.5 Å². The fraction of sp³-hybridized carbons (Fsp3) is 0.158. The summed E-state index contributed by atoms with van der Waals surface area (Å²) in [6, 6.07) is 9.09. The van der Waals surface area contributed by atoms with Crippen molar-refractivity contribution in [1.29, 1.82) is 0 Å². The average molecular weight is 482 g/mol. The number of esters is 1. The van der Waals surface area contributed by atoms with E-state index < -0.39 is 41.9 Å². The molecule has 11 heteroatoms. The Kier molecular flexibility index (Phi) is 6.40. The van der Waals surface area contributed by atoms with E-state index in [4.69, 9.17) is 9.15 Å². The standard InChI is InChI=1S/C19H14BrF2N3O5/c1-10(17(27)23-15-7-4-12(20)8-14(15)22)29-16(26)9-25-19(28)30-18(24-25)11-2-5-13(21)6-3-11/h2-8,10H,9H2,1H3,(H,23,27). The number of hydrogen-bond donors (Lipinski definition) is 1. The molecular weight excluding hydrogens is 468 g/mol. The summed E-state index contributed by atoms with van der Waals surface area (Å²) in [7, 11) is 0. The van der Waals surface area contributed by atoms with Crippen molar-refractivity contribution in [2.75, 3.05) is 5.32 Å². The lowest BCUT2D eigenvalue weighted by Gasteiger charge is -2.13. The highest BCUT2D eigenvalue weighted by Crippen LogP contribution is 2.20. The van der Waals surface area contributed by atoms with Crippen molar-refractivity contribution in [1.82, 2.24) is 9.78 Å². The van der Waals surface area contributed by atoms with Crippen molar-refractivity contribution in [2.45, 2.75) is 19.6 Å². The van der Waals surface area contributed by atoms with Gasteiger partial charge in [-0.05, 0) is 49.4 Å². The third kappa shape index (κ3) is 5.17. The van der Waals surface area contributed by atoms with E-state index in [1.54, 1.807) is 0 Å². The summed E-state index contributed by atoms with van der Waals surface area (Å²) in [6.45, 7) is 0.674. The van der Waals surface area contributed by atoms with E-state index in [0.717, 1.165) is 12.1 Å². The van der Waals surface area contributed by atoms with Crippen molar-refractivity contribution in [3.63, 3.8) is 0 Å². The molecule has 3 aromatic rings. The number of rotatable bonds is 6. The molecule has 0 fully saturated rings. The molecule has 0 aliphatic carbocycles. The minimum atomic E-state index is -1.26. The molecule has 1 unspecified atom stereocenters. The number of anilines is 1. The molecule has 1 amide bonds. The van der Waals surface area contributed by atoms with Gasteiger partial charge in [-0.1, -0.05) is 15.9 Å². The molecule has 156 valence electrons. The van der Waals surface area contributed by atoms with Crippen LogP contribution in [0.2, 0.25) is 0 Å². The van der Waals surface area contributed by atoms with Crippen LogP contribution in [0.5, 0.6) is 0 Å². The van der Waals surface area contributed by atoms with Crippen LogP contribution < -0.4 is 11.1 Å². The highest BCUT2D eigenvalue weighted by molar-refractivity contribution is 9.10. The summed E-state index contributed by atoms with van der Waals surface area (Å²) < 4.78 is 37.9. The Labute approximate surface area is 176 Å². The van der Waals surface area contributed by atoms with E-state index in [-0.39, 0.29) is 11.6 Å². The van der Waals surface area contributed by atoms with Crippen molar-refractivity contribution in [2.24, 2.45) is 0 Å². The molecule has 0 radical (unpaired) electrons. The van der Waals surface area contributed by atoms with Crippen LogP contribution in [-0.2, 0) is 20.9 Å². The predicted molar refractivity (Wildman–Crippen MR) is 104 cm³/mol. The van der Waals surface area contributed by atoms with Crippen LogP contribution in [0.3, 0.4) is 0 Å². The summed E-state index contributed by atoms with van der Waals surface area (Å²) in [5.41, 5.74) is 0.257. The molecule has 1 aromatic heterocycles. The van der Waals surface area contributed by atoms with Gasteiger partial charge in [0.25, 0.3) is 5.91 Å². The summed E-state index contributed by atoms with van der Waals surface area (Å²) in [4.78, 5) is 36.1. The van der Waals surface area contributed by atoms with Gasteiger partial charge in [0.1, 0.15) is 18.2 Å². The van der Waals surface area contributed by atoms with Gasteiger partial charge < -0.3 is 14.5 Å². The van der Waals surface area contributed by atoms with Crippen molar-refractivity contribution < 1.29 is 27.5 Å². The maximum atomic E-state index is 13.8. The van der Waals surface area contributed by atoms with Crippen LogP contribution in [0.15, 0.2) is 56.1 Å². The second kappa shape index (κ2) is 8.99. The predicted octanol–water partition coefficient (Wildman–Crippen LogP) is 3.11. The SMILES string of the molecule is CC(OC(=O)Cn1nc(-c2ccc(F)cc2)oc1=O)C(=O)Nc1ccc(Br)cc1F. The van der Waals surface area contributed by atoms with Crippen LogP contribution in [0.1, 0.15) is 6.92 Å². The Morgan fingerprint density at radius 3 is 2.60 bits per heavy atom. The summed E-state index contributed by atoms with van der Waals surface area (Å²) in [6.07, 6.45) is -1.26. The van der Waals surface area contributed by atoms with Crippen LogP contribution in [-0.4, -0.2) is 27.8 Å². The number of nitrogens with one attached hydrogen (secondary N) is 1. The first-order valence-electron chi connectivity index (χ1n) is 8.52. The lowest BCUT2D eigenvalue weighted by Crippen LogP contribution is -2.32. The molecule has 0 saturated carbocycles. The van der Waals surface area contributed by atoms with Gasteiger partial charge in [0.05, 0.1) is 5.69 Å². The third-order valence-corrected chi connectivity index (χ3v) is 4.34. The van der Waals surface area contributed by atoms with Crippen molar-refractivity contribution >= 4 is 33.5 Å². The lowest BCUT2D eigenvalue weighted by molar-refractivity contribution is -0.154. The van der Waals surface area contributed by atoms with Gasteiger partial charge in [-0.25, -0.2) is 13.6 Å². The number of nitrogens with zero attached hydrogens (tertiary/aromatic N) is 2. The Balaban J connectivity index is 1.61. The van der Waals surface area contributed by atoms with Gasteiger partial charge in [0.15, 0.2) is 6.10 Å². The minimum Gasteiger partial charge on any atom is -0.451 e. The lowest BCUT2D eigenvalue weighted by atomic mass is 10.2. The largest absolute Gasteiger partial charge is 0.451 e. The van der Waals surface area contributed by atoms with Crippen LogP contribution in [0.25, 0.3) is 11.5 Å². The molecule has 3 rings (SSSR count). The number of halogens is 3. The second-order valence-electron chi connectivity index (χ2n) is 6.08. The fourth-order valence-electron chi connectivity index (χ4n) is 2.35. The molecule has 2 aromatic carbocycles. The first kappa shape index (κ1) is 21.4. The molecule has 1 atom stereocenters. The second-order valence-corrected chi connectivity index (χ2v) is 7.00. The normalized spacial score (nSPS) is 11.7. The van der Waals surface area contributed by atoms with Crippen LogP contribution >= 0.6 is 15.9 Å². The first-order chi connectivity index (χ1) is 14.2. The number of carbonyl (C=O) groups excluding carboxylic acids is 2. The average Bonchev–Trinajstić information content (AvgIpc) is 3.04. The van der Waals surface area contributed by atoms with Gasteiger partial charge in [0, 0.05) is 10.0 Å². The summed E-state index contributed by atoms with van der Waals surface area (Å²) >= 11 is 3.10. The molecule has 0 spiro atoms. The maximum Gasteiger partial charge on any atom is 0.437 e. The van der Waals surface area contributed by atoms with Gasteiger partial charge in [-0.2, -0.15) is 4.68 Å². The molecule has 0 saturated heterocycles. The minimum absolute atomic E-state index is 0.0808. The molecule has 1 N–H and O–H groups in total. The number of hydrogen-bond acceptors (Lipinski definition) is 6. The molecule has 1 heterocycles. The zero-order valence-corrected chi connectivity index (χ0v) is 17.0. The third-order valence-electron chi connectivity index (χ3n) is 3.84. The number of ether oxygens (including phenoxy) is 1. The van der Waals surface area contributed by atoms with E-state index in [1.807, 2.05) is 0 Å². The zero-order chi connectivity index (χ0) is 21.8. The fourth-order valence-corrected chi connectivity index (χ4v) is 2.68. The molecule has 0 aliphatic heterocycles. The Morgan fingerprint density at radius 2 is 1.93 bits per heavy atom. The van der Waals surface area contributed by atoms with E-state index >= 15 is 0 Å². The smallest absolute Gasteiger partial charge is 0.437 e. The first-order valence-corrected chi connectivity index (χ1v) is 9.31. The molecule has 30 heavy (non-hydrogen) atoms. The quantitative estimate of drug-likeness (QED) is 0.542. The summed E-state index contributed by atoms with van der Waals surface area (Å²) in [5, 5.41) is 6.15. The zero-order valence-electron chi connectivity index (χ0n) is 15.4. The Hall–Kier alpha value is -3.34. The molecule has 0 aliphatic rings. The molecular formula is C19H14BrF2N3O5. The maximum absolute atomic E-state index is 13.8. The van der Waals surface area contributed by atoms with E-state index in [2.05, 4.69) is 26.3 Å². The number of amides is 1. The van der Waals surface area contributed by atoms with Crippen LogP contribution in [0, 0.1) is 11.6 Å². The highest BCUT2D eigenvalue weighted by Gasteiger charge is 2.21. The Morgan fingerprint density at radius 1 is 1.23 bits per heavy atom. The van der Waals surface area contributed by atoms with E-state index in [1.165, 1.54) is 37.3 Å². The van der Waals surface area contributed by atoms with E-state index in [0.29, 0.717) is 14.7 Å². The topological polar surface area (TPSA) is 103 Å². The Bertz CT molecular complexity index is 1140. The highest BCUT2D eigenvalue weighted by atomic mass is 79.9. The molecule has 8 nitrogen and oxygen atoms in total. The number of carbonyl (C=O) groups is 2. The molecule has 0 bridgehead atoms. The summed E-state index contributed by atoms with van der Waals surface area (Å²) in [5.74, 6) is -3.87. The number of aromatic nitrogens is 2. The van der Waals surface area contributed by atoms with Crippen molar-refractivity contribution in [3.05, 3.63) is 69.1 Å². The number of benzene rings is 2.